The minimum atomic E-state index is -0.718. The maximum atomic E-state index is 10.1. The molecule has 1 unspecified atom stereocenters. The van der Waals surface area contributed by atoms with Gasteiger partial charge in [0.2, 0.25) is 0 Å². The SMILES string of the molecule is CCC(CBr)C(=O)O.CCOC(=O)CBr. The highest BCUT2D eigenvalue weighted by molar-refractivity contribution is 9.09. The van der Waals surface area contributed by atoms with Gasteiger partial charge in [-0.05, 0) is 13.3 Å². The van der Waals surface area contributed by atoms with Crippen LogP contribution >= 0.6 is 31.9 Å². The molecule has 0 amide bonds. The van der Waals surface area contributed by atoms with Crippen LogP contribution < -0.4 is 0 Å². The number of carbonyl (C=O) groups excluding carboxylic acids is 1. The molecule has 90 valence electrons. The molecule has 0 aromatic carbocycles. The van der Waals surface area contributed by atoms with Gasteiger partial charge < -0.3 is 9.84 Å². The van der Waals surface area contributed by atoms with Gasteiger partial charge in [0.1, 0.15) is 5.33 Å². The summed E-state index contributed by atoms with van der Waals surface area (Å²) in [6.07, 6.45) is 0.695. The Labute approximate surface area is 107 Å². The van der Waals surface area contributed by atoms with Gasteiger partial charge in [-0.2, -0.15) is 0 Å². The van der Waals surface area contributed by atoms with Crippen LogP contribution in [0.2, 0.25) is 0 Å². The third-order valence-electron chi connectivity index (χ3n) is 1.44. The van der Waals surface area contributed by atoms with Gasteiger partial charge >= 0.3 is 11.9 Å². The average Bonchev–Trinajstić information content (AvgIpc) is 2.20. The number of rotatable bonds is 5. The molecule has 15 heavy (non-hydrogen) atoms. The summed E-state index contributed by atoms with van der Waals surface area (Å²) in [6, 6.07) is 0. The fourth-order valence-corrected chi connectivity index (χ4v) is 1.45. The Morgan fingerprint density at radius 3 is 1.93 bits per heavy atom. The van der Waals surface area contributed by atoms with E-state index in [-0.39, 0.29) is 11.9 Å². The first-order chi connectivity index (χ1) is 7.03. The van der Waals surface area contributed by atoms with Crippen molar-refractivity contribution in [2.24, 2.45) is 5.92 Å². The highest BCUT2D eigenvalue weighted by Crippen LogP contribution is 2.05. The second-order valence-electron chi connectivity index (χ2n) is 2.54. The van der Waals surface area contributed by atoms with E-state index in [0.717, 1.165) is 0 Å². The number of hydrogen-bond acceptors (Lipinski definition) is 3. The molecule has 0 bridgehead atoms. The molecule has 4 nitrogen and oxygen atoms in total. The van der Waals surface area contributed by atoms with E-state index in [1.54, 1.807) is 6.92 Å². The van der Waals surface area contributed by atoms with Crippen molar-refractivity contribution in [3.63, 3.8) is 0 Å². The van der Waals surface area contributed by atoms with Gasteiger partial charge in [-0.15, -0.1) is 0 Å². The summed E-state index contributed by atoms with van der Waals surface area (Å²) in [7, 11) is 0. The lowest BCUT2D eigenvalue weighted by Crippen LogP contribution is -2.13. The minimum absolute atomic E-state index is 0.206. The van der Waals surface area contributed by atoms with Crippen LogP contribution in [0.5, 0.6) is 0 Å². The normalized spacial score (nSPS) is 10.9. The number of halogens is 2. The van der Waals surface area contributed by atoms with E-state index in [9.17, 15) is 9.59 Å². The van der Waals surface area contributed by atoms with Crippen LogP contribution in [0.3, 0.4) is 0 Å². The van der Waals surface area contributed by atoms with Gasteiger partial charge in [-0.3, -0.25) is 9.59 Å². The van der Waals surface area contributed by atoms with Crippen LogP contribution in [0.25, 0.3) is 0 Å². The Hall–Kier alpha value is -0.100. The number of esters is 1. The molecule has 0 saturated carbocycles. The number of carbonyl (C=O) groups is 2. The number of carboxylic acid groups (broad SMARTS) is 1. The van der Waals surface area contributed by atoms with Crippen molar-refractivity contribution in [2.75, 3.05) is 17.3 Å². The number of ether oxygens (including phenoxy) is 1. The van der Waals surface area contributed by atoms with E-state index in [2.05, 4.69) is 36.6 Å². The van der Waals surface area contributed by atoms with Crippen LogP contribution in [0.1, 0.15) is 20.3 Å². The number of hydrogen-bond donors (Lipinski definition) is 1. The van der Waals surface area contributed by atoms with Crippen LogP contribution in [0.15, 0.2) is 0 Å². The van der Waals surface area contributed by atoms with Crippen molar-refractivity contribution >= 4 is 43.8 Å². The van der Waals surface area contributed by atoms with Gasteiger partial charge in [0.25, 0.3) is 0 Å². The van der Waals surface area contributed by atoms with Crippen molar-refractivity contribution in [3.8, 4) is 0 Å². The molecule has 0 aromatic rings. The predicted octanol–water partition coefficient (Wildman–Crippen LogP) is 2.44. The number of alkyl halides is 2. The summed E-state index contributed by atoms with van der Waals surface area (Å²) >= 11 is 6.04. The van der Waals surface area contributed by atoms with E-state index in [1.165, 1.54) is 0 Å². The molecule has 0 fully saturated rings. The zero-order valence-electron chi connectivity index (χ0n) is 8.83. The molecule has 1 N–H and O–H groups in total. The van der Waals surface area contributed by atoms with Crippen LogP contribution in [0, 0.1) is 5.92 Å². The Morgan fingerprint density at radius 1 is 1.33 bits per heavy atom. The second-order valence-corrected chi connectivity index (χ2v) is 3.74. The number of aliphatic carboxylic acids is 1. The minimum Gasteiger partial charge on any atom is -0.481 e. The van der Waals surface area contributed by atoms with Gasteiger partial charge in [-0.25, -0.2) is 0 Å². The monoisotopic (exact) mass is 346 g/mol. The predicted molar refractivity (Wildman–Crippen MR) is 65.6 cm³/mol. The molecule has 0 rings (SSSR count). The summed E-state index contributed by atoms with van der Waals surface area (Å²) < 4.78 is 4.51. The Balaban J connectivity index is 0. The van der Waals surface area contributed by atoms with Crippen molar-refractivity contribution in [2.45, 2.75) is 20.3 Å². The van der Waals surface area contributed by atoms with Gasteiger partial charge in [0, 0.05) is 5.33 Å². The zero-order valence-corrected chi connectivity index (χ0v) is 12.0. The third kappa shape index (κ3) is 11.8. The summed E-state index contributed by atoms with van der Waals surface area (Å²) in [6.45, 7) is 4.10. The molecule has 1 atom stereocenters. The standard InChI is InChI=1S/C5H9BrO2.C4H7BrO2/c1-2-4(3-6)5(7)8;1-2-7-4(6)3-5/h4H,2-3H2,1H3,(H,7,8);2-3H2,1H3. The first-order valence-electron chi connectivity index (χ1n) is 4.53. The molecule has 0 spiro atoms. The fourth-order valence-electron chi connectivity index (χ4n) is 0.549. The zero-order chi connectivity index (χ0) is 12.3. The Bertz CT molecular complexity index is 181. The van der Waals surface area contributed by atoms with Gasteiger partial charge in [-0.1, -0.05) is 38.8 Å². The molecular weight excluding hydrogens is 332 g/mol. The molecule has 0 saturated heterocycles. The molecule has 0 aliphatic heterocycles. The summed E-state index contributed by atoms with van der Waals surface area (Å²) in [4.78, 5) is 20.3. The molecule has 6 heteroatoms. The summed E-state index contributed by atoms with van der Waals surface area (Å²) in [5.41, 5.74) is 0. The van der Waals surface area contributed by atoms with Crippen molar-refractivity contribution in [1.82, 2.24) is 0 Å². The highest BCUT2D eigenvalue weighted by Gasteiger charge is 2.11. The molecule has 0 aliphatic rings. The topological polar surface area (TPSA) is 63.6 Å². The molecule has 0 aliphatic carbocycles. The van der Waals surface area contributed by atoms with Gasteiger partial charge in [0.05, 0.1) is 12.5 Å². The Kier molecular flexibility index (Phi) is 13.8. The lowest BCUT2D eigenvalue weighted by molar-refractivity contribution is -0.141. The third-order valence-corrected chi connectivity index (χ3v) is 2.68. The van der Waals surface area contributed by atoms with E-state index < -0.39 is 5.97 Å². The van der Waals surface area contributed by atoms with E-state index in [4.69, 9.17) is 5.11 Å². The first kappa shape index (κ1) is 17.3. The lowest BCUT2D eigenvalue weighted by atomic mass is 10.1. The number of carboxylic acids is 1. The van der Waals surface area contributed by atoms with Crippen LogP contribution in [0.4, 0.5) is 0 Å². The van der Waals surface area contributed by atoms with Gasteiger partial charge in [0.15, 0.2) is 0 Å². The maximum absolute atomic E-state index is 10.1. The van der Waals surface area contributed by atoms with Crippen LogP contribution in [-0.4, -0.2) is 34.3 Å². The van der Waals surface area contributed by atoms with Crippen molar-refractivity contribution in [3.05, 3.63) is 0 Å². The van der Waals surface area contributed by atoms with E-state index in [1.807, 2.05) is 6.92 Å². The van der Waals surface area contributed by atoms with E-state index in [0.29, 0.717) is 23.7 Å². The Morgan fingerprint density at radius 2 is 1.87 bits per heavy atom. The average molecular weight is 348 g/mol. The largest absolute Gasteiger partial charge is 0.481 e. The van der Waals surface area contributed by atoms with Crippen LogP contribution in [-0.2, 0) is 14.3 Å². The molecule has 0 heterocycles. The lowest BCUT2D eigenvalue weighted by Gasteiger charge is -2.01. The molecular formula is C9H16Br2O4. The van der Waals surface area contributed by atoms with Crippen molar-refractivity contribution < 1.29 is 19.4 Å². The maximum Gasteiger partial charge on any atom is 0.316 e. The molecule has 0 radical (unpaired) electrons. The second kappa shape index (κ2) is 12.0. The quantitative estimate of drug-likeness (QED) is 0.612. The summed E-state index contributed by atoms with van der Waals surface area (Å²) in [5, 5.41) is 9.19. The van der Waals surface area contributed by atoms with Crippen molar-refractivity contribution in [1.29, 1.82) is 0 Å². The fraction of sp³-hybridized carbons (Fsp3) is 0.778. The van der Waals surface area contributed by atoms with E-state index >= 15 is 0 Å². The first-order valence-corrected chi connectivity index (χ1v) is 6.78. The highest BCUT2D eigenvalue weighted by atomic mass is 79.9. The smallest absolute Gasteiger partial charge is 0.316 e. The molecule has 0 aromatic heterocycles. The summed E-state index contributed by atoms with van der Waals surface area (Å²) in [5.74, 6) is -1.14.